The van der Waals surface area contributed by atoms with Crippen LogP contribution < -0.4 is 5.32 Å². The van der Waals surface area contributed by atoms with Crippen LogP contribution in [0.3, 0.4) is 0 Å². The minimum Gasteiger partial charge on any atom is -0.444 e. The number of amides is 1. The molecule has 0 radical (unpaired) electrons. The van der Waals surface area contributed by atoms with Gasteiger partial charge in [0.25, 0.3) is 0 Å². The fourth-order valence-electron chi connectivity index (χ4n) is 0.608. The lowest BCUT2D eigenvalue weighted by molar-refractivity contribution is 0.142. The number of nitrogens with one attached hydrogen (secondary N) is 1. The molecule has 1 N–H and O–H groups in total. The fraction of sp³-hybridized carbons (Fsp3) is 0.800. The van der Waals surface area contributed by atoms with Crippen LogP contribution in [0.5, 0.6) is 0 Å². The number of ether oxygens (including phenoxy) is 1. The third kappa shape index (κ3) is 0.757. The standard InChI is InChI=1S/C5H9NO2/c1-3-4(2)8-5(7)6-3/h3-4H,1-2H3,(H,6,7). The Morgan fingerprint density at radius 2 is 2.25 bits per heavy atom. The smallest absolute Gasteiger partial charge is 0.407 e. The van der Waals surface area contributed by atoms with Crippen molar-refractivity contribution in [2.45, 2.75) is 26.0 Å². The van der Waals surface area contributed by atoms with Gasteiger partial charge in [0.2, 0.25) is 0 Å². The Hall–Kier alpha value is -0.730. The zero-order valence-electron chi connectivity index (χ0n) is 4.97. The molecular formula is C5H9NO2. The summed E-state index contributed by atoms with van der Waals surface area (Å²) in [4.78, 5) is 10.3. The monoisotopic (exact) mass is 115 g/mol. The topological polar surface area (TPSA) is 38.3 Å². The van der Waals surface area contributed by atoms with Crippen molar-refractivity contribution in [1.29, 1.82) is 0 Å². The molecule has 3 heteroatoms. The van der Waals surface area contributed by atoms with E-state index in [2.05, 4.69) is 5.32 Å². The van der Waals surface area contributed by atoms with Crippen LogP contribution >= 0.6 is 0 Å². The summed E-state index contributed by atoms with van der Waals surface area (Å²) in [6, 6.07) is 0.169. The molecule has 0 aromatic rings. The zero-order chi connectivity index (χ0) is 6.15. The molecule has 1 rings (SSSR count). The lowest BCUT2D eigenvalue weighted by Gasteiger charge is -2.02. The SMILES string of the molecule is CC1NC(=O)OC1C. The Labute approximate surface area is 48.0 Å². The van der Waals surface area contributed by atoms with Gasteiger partial charge < -0.3 is 10.1 Å². The molecule has 1 aliphatic rings. The number of hydrogen-bond acceptors (Lipinski definition) is 2. The molecule has 1 heterocycles. The van der Waals surface area contributed by atoms with E-state index in [0.29, 0.717) is 0 Å². The molecule has 2 atom stereocenters. The first-order chi connectivity index (χ1) is 3.70. The number of alkyl carbamates (subject to hydrolysis) is 1. The van der Waals surface area contributed by atoms with E-state index >= 15 is 0 Å². The Bertz CT molecular complexity index is 101. The van der Waals surface area contributed by atoms with E-state index in [1.54, 1.807) is 0 Å². The molecule has 1 aliphatic heterocycles. The van der Waals surface area contributed by atoms with Crippen molar-refractivity contribution >= 4 is 6.09 Å². The zero-order valence-corrected chi connectivity index (χ0v) is 4.97. The van der Waals surface area contributed by atoms with E-state index in [0.717, 1.165) is 0 Å². The molecule has 1 fully saturated rings. The number of hydrogen-bond donors (Lipinski definition) is 1. The van der Waals surface area contributed by atoms with Gasteiger partial charge in [-0.05, 0) is 13.8 Å². The van der Waals surface area contributed by atoms with Crippen molar-refractivity contribution < 1.29 is 9.53 Å². The van der Waals surface area contributed by atoms with Crippen LogP contribution in [0.15, 0.2) is 0 Å². The number of carbonyl (C=O) groups excluding carboxylic acids is 1. The Kier molecular flexibility index (Phi) is 1.12. The maximum absolute atomic E-state index is 10.3. The van der Waals surface area contributed by atoms with E-state index in [9.17, 15) is 4.79 Å². The van der Waals surface area contributed by atoms with Crippen LogP contribution in [0.1, 0.15) is 13.8 Å². The van der Waals surface area contributed by atoms with Gasteiger partial charge in [-0.1, -0.05) is 0 Å². The van der Waals surface area contributed by atoms with Crippen LogP contribution in [0.4, 0.5) is 4.79 Å². The molecule has 2 unspecified atom stereocenters. The van der Waals surface area contributed by atoms with Gasteiger partial charge in [0, 0.05) is 0 Å². The van der Waals surface area contributed by atoms with E-state index in [1.165, 1.54) is 0 Å². The van der Waals surface area contributed by atoms with Crippen molar-refractivity contribution in [2.24, 2.45) is 0 Å². The van der Waals surface area contributed by atoms with Crippen molar-refractivity contribution in [3.63, 3.8) is 0 Å². The summed E-state index contributed by atoms with van der Waals surface area (Å²) in [5, 5.41) is 2.61. The average Bonchev–Trinajstić information content (AvgIpc) is 1.85. The third-order valence-corrected chi connectivity index (χ3v) is 1.34. The van der Waals surface area contributed by atoms with Gasteiger partial charge in [-0.25, -0.2) is 4.79 Å². The molecule has 0 aromatic heterocycles. The van der Waals surface area contributed by atoms with E-state index < -0.39 is 0 Å². The summed E-state index contributed by atoms with van der Waals surface area (Å²) in [5.74, 6) is 0. The van der Waals surface area contributed by atoms with Crippen LogP contribution in [0.25, 0.3) is 0 Å². The average molecular weight is 115 g/mol. The molecule has 1 amide bonds. The molecule has 8 heavy (non-hydrogen) atoms. The summed E-state index contributed by atoms with van der Waals surface area (Å²) in [7, 11) is 0. The minimum atomic E-state index is -0.301. The molecule has 0 bridgehead atoms. The first kappa shape index (κ1) is 5.41. The van der Waals surface area contributed by atoms with Gasteiger partial charge in [-0.3, -0.25) is 0 Å². The molecule has 46 valence electrons. The molecule has 1 saturated heterocycles. The Morgan fingerprint density at radius 1 is 1.62 bits per heavy atom. The first-order valence-electron chi connectivity index (χ1n) is 2.67. The van der Waals surface area contributed by atoms with Crippen LogP contribution in [0.2, 0.25) is 0 Å². The van der Waals surface area contributed by atoms with Crippen LogP contribution in [0, 0.1) is 0 Å². The largest absolute Gasteiger partial charge is 0.444 e. The summed E-state index contributed by atoms with van der Waals surface area (Å²) >= 11 is 0. The van der Waals surface area contributed by atoms with Gasteiger partial charge in [-0.2, -0.15) is 0 Å². The van der Waals surface area contributed by atoms with E-state index in [-0.39, 0.29) is 18.2 Å². The quantitative estimate of drug-likeness (QED) is 0.499. The van der Waals surface area contributed by atoms with Crippen molar-refractivity contribution in [3.05, 3.63) is 0 Å². The van der Waals surface area contributed by atoms with Crippen LogP contribution in [-0.2, 0) is 4.74 Å². The summed E-state index contributed by atoms with van der Waals surface area (Å²) in [6.07, 6.45) is -0.271. The van der Waals surface area contributed by atoms with Crippen LogP contribution in [-0.4, -0.2) is 18.2 Å². The fourth-order valence-corrected chi connectivity index (χ4v) is 0.608. The molecule has 0 aliphatic carbocycles. The van der Waals surface area contributed by atoms with Gasteiger partial charge in [0.1, 0.15) is 6.10 Å². The molecular weight excluding hydrogens is 106 g/mol. The van der Waals surface area contributed by atoms with Gasteiger partial charge in [-0.15, -0.1) is 0 Å². The molecule has 3 nitrogen and oxygen atoms in total. The Morgan fingerprint density at radius 3 is 2.38 bits per heavy atom. The van der Waals surface area contributed by atoms with Crippen molar-refractivity contribution in [1.82, 2.24) is 5.32 Å². The highest BCUT2D eigenvalue weighted by Crippen LogP contribution is 2.05. The van der Waals surface area contributed by atoms with Gasteiger partial charge in [0.15, 0.2) is 0 Å². The normalized spacial score (nSPS) is 36.5. The maximum Gasteiger partial charge on any atom is 0.407 e. The summed E-state index contributed by atoms with van der Waals surface area (Å²) < 4.78 is 4.72. The first-order valence-corrected chi connectivity index (χ1v) is 2.67. The lowest BCUT2D eigenvalue weighted by atomic mass is 10.2. The predicted octanol–water partition coefficient (Wildman–Crippen LogP) is 0.503. The van der Waals surface area contributed by atoms with E-state index in [4.69, 9.17) is 4.74 Å². The van der Waals surface area contributed by atoms with Gasteiger partial charge in [0.05, 0.1) is 6.04 Å². The third-order valence-electron chi connectivity index (χ3n) is 1.34. The minimum absolute atomic E-state index is 0.0301. The summed E-state index contributed by atoms with van der Waals surface area (Å²) in [5.41, 5.74) is 0. The second-order valence-corrected chi connectivity index (χ2v) is 2.04. The van der Waals surface area contributed by atoms with Gasteiger partial charge >= 0.3 is 6.09 Å². The highest BCUT2D eigenvalue weighted by Gasteiger charge is 2.25. The lowest BCUT2D eigenvalue weighted by Crippen LogP contribution is -2.25. The number of cyclic esters (lactones) is 1. The Balaban J connectivity index is 2.51. The molecule has 0 spiro atoms. The number of carbonyl (C=O) groups is 1. The second-order valence-electron chi connectivity index (χ2n) is 2.04. The van der Waals surface area contributed by atoms with Crippen molar-refractivity contribution in [3.8, 4) is 0 Å². The predicted molar refractivity (Wildman–Crippen MR) is 28.5 cm³/mol. The molecule has 0 saturated carbocycles. The van der Waals surface area contributed by atoms with E-state index in [1.807, 2.05) is 13.8 Å². The highest BCUT2D eigenvalue weighted by atomic mass is 16.6. The summed E-state index contributed by atoms with van der Waals surface area (Å²) in [6.45, 7) is 3.78. The highest BCUT2D eigenvalue weighted by molar-refractivity contribution is 5.69. The molecule has 0 aromatic carbocycles. The maximum atomic E-state index is 10.3. The van der Waals surface area contributed by atoms with Crippen molar-refractivity contribution in [2.75, 3.05) is 0 Å². The second kappa shape index (κ2) is 1.65. The number of rotatable bonds is 0.